The molecule has 4 N–H and O–H groups in total. The van der Waals surface area contributed by atoms with Gasteiger partial charge < -0.3 is 20.8 Å². The first kappa shape index (κ1) is 21.3. The second-order valence-electron chi connectivity index (χ2n) is 6.78. The van der Waals surface area contributed by atoms with E-state index in [9.17, 15) is 15.0 Å². The largest absolute Gasteiger partial charge is 0.508 e. The van der Waals surface area contributed by atoms with E-state index in [1.54, 1.807) is 36.9 Å². The molecular formula is C21H28N2O3S. The normalized spacial score (nSPS) is 13.4. The van der Waals surface area contributed by atoms with Gasteiger partial charge in [0.05, 0.1) is 12.1 Å². The van der Waals surface area contributed by atoms with Gasteiger partial charge in [-0.2, -0.15) is 0 Å². The Morgan fingerprint density at radius 2 is 1.81 bits per heavy atom. The number of aliphatic hydroxyl groups excluding tert-OH is 1. The average molecular weight is 389 g/mol. The van der Waals surface area contributed by atoms with E-state index in [2.05, 4.69) is 10.6 Å². The van der Waals surface area contributed by atoms with Gasteiger partial charge in [0.1, 0.15) is 5.75 Å². The first-order chi connectivity index (χ1) is 12.9. The molecule has 0 spiro atoms. The van der Waals surface area contributed by atoms with E-state index >= 15 is 0 Å². The van der Waals surface area contributed by atoms with Gasteiger partial charge in [-0.1, -0.05) is 38.1 Å². The summed E-state index contributed by atoms with van der Waals surface area (Å²) in [4.78, 5) is 13.8. The smallest absolute Gasteiger partial charge is 0.252 e. The van der Waals surface area contributed by atoms with Crippen LogP contribution in [0.15, 0.2) is 53.4 Å². The van der Waals surface area contributed by atoms with Crippen LogP contribution in [0.5, 0.6) is 5.75 Å². The Kier molecular flexibility index (Phi) is 8.16. The van der Waals surface area contributed by atoms with Crippen LogP contribution in [0.2, 0.25) is 0 Å². The summed E-state index contributed by atoms with van der Waals surface area (Å²) in [6.45, 7) is 6.11. The molecule has 0 saturated carbocycles. The second kappa shape index (κ2) is 10.3. The topological polar surface area (TPSA) is 81.6 Å². The SMILES string of the molecule is Cc1c(O)cccc1C(=O)N[C@@H](CSc1ccccc1)C(O)CNC(C)C. The van der Waals surface area contributed by atoms with Crippen LogP contribution >= 0.6 is 11.8 Å². The van der Waals surface area contributed by atoms with Gasteiger partial charge in [-0.3, -0.25) is 4.79 Å². The van der Waals surface area contributed by atoms with Gasteiger partial charge in [-0.15, -0.1) is 11.8 Å². The summed E-state index contributed by atoms with van der Waals surface area (Å²) in [7, 11) is 0. The minimum Gasteiger partial charge on any atom is -0.508 e. The van der Waals surface area contributed by atoms with Crippen LogP contribution in [0, 0.1) is 6.92 Å². The van der Waals surface area contributed by atoms with Crippen molar-refractivity contribution in [1.82, 2.24) is 10.6 Å². The van der Waals surface area contributed by atoms with Crippen LogP contribution in [0.1, 0.15) is 29.8 Å². The Morgan fingerprint density at radius 1 is 1.11 bits per heavy atom. The molecule has 1 unspecified atom stereocenters. The highest BCUT2D eigenvalue weighted by atomic mass is 32.2. The number of nitrogens with one attached hydrogen (secondary N) is 2. The maximum absolute atomic E-state index is 12.7. The number of benzene rings is 2. The summed E-state index contributed by atoms with van der Waals surface area (Å²) >= 11 is 1.58. The van der Waals surface area contributed by atoms with Crippen molar-refractivity contribution in [2.45, 2.75) is 43.9 Å². The lowest BCUT2D eigenvalue weighted by Gasteiger charge is -2.25. The summed E-state index contributed by atoms with van der Waals surface area (Å²) in [5, 5.41) is 26.6. The number of carbonyl (C=O) groups is 1. The van der Waals surface area contributed by atoms with Crippen molar-refractivity contribution in [2.75, 3.05) is 12.3 Å². The van der Waals surface area contributed by atoms with Gasteiger partial charge in [0.15, 0.2) is 0 Å². The number of hydrogen-bond acceptors (Lipinski definition) is 5. The lowest BCUT2D eigenvalue weighted by atomic mass is 10.1. The van der Waals surface area contributed by atoms with Crippen molar-refractivity contribution in [3.63, 3.8) is 0 Å². The van der Waals surface area contributed by atoms with Gasteiger partial charge >= 0.3 is 0 Å². The first-order valence-corrected chi connectivity index (χ1v) is 10.1. The maximum atomic E-state index is 12.7. The van der Waals surface area contributed by atoms with Crippen molar-refractivity contribution in [3.8, 4) is 5.75 Å². The average Bonchev–Trinajstić information content (AvgIpc) is 2.66. The number of hydrogen-bond donors (Lipinski definition) is 4. The van der Waals surface area contributed by atoms with E-state index in [0.29, 0.717) is 23.4 Å². The highest BCUT2D eigenvalue weighted by Crippen LogP contribution is 2.21. The third kappa shape index (κ3) is 6.57. The molecule has 6 heteroatoms. The lowest BCUT2D eigenvalue weighted by molar-refractivity contribution is 0.0851. The molecule has 0 aliphatic rings. The van der Waals surface area contributed by atoms with E-state index in [1.165, 1.54) is 0 Å². The van der Waals surface area contributed by atoms with E-state index < -0.39 is 12.1 Å². The molecule has 146 valence electrons. The van der Waals surface area contributed by atoms with Gasteiger partial charge in [0.2, 0.25) is 0 Å². The van der Waals surface area contributed by atoms with E-state index in [0.717, 1.165) is 4.90 Å². The fourth-order valence-electron chi connectivity index (χ4n) is 2.57. The molecule has 2 aromatic rings. The summed E-state index contributed by atoms with van der Waals surface area (Å²) in [6, 6.07) is 14.6. The third-order valence-corrected chi connectivity index (χ3v) is 5.37. The van der Waals surface area contributed by atoms with Gasteiger partial charge in [0.25, 0.3) is 5.91 Å². The number of phenolic OH excluding ortho intramolecular Hbond substituents is 1. The third-order valence-electron chi connectivity index (χ3n) is 4.24. The first-order valence-electron chi connectivity index (χ1n) is 9.07. The van der Waals surface area contributed by atoms with Crippen LogP contribution in [-0.4, -0.2) is 46.6 Å². The molecule has 0 aliphatic carbocycles. The zero-order chi connectivity index (χ0) is 19.8. The standard InChI is InChI=1S/C21H28N2O3S/c1-14(2)22-12-20(25)18(13-27-16-8-5-4-6-9-16)23-21(26)17-10-7-11-19(24)15(17)3/h4-11,14,18,20,22,24-25H,12-13H2,1-3H3,(H,23,26)/t18-,20?/m0/s1. The Labute approximate surface area is 165 Å². The quantitative estimate of drug-likeness (QED) is 0.497. The maximum Gasteiger partial charge on any atom is 0.252 e. The number of carbonyl (C=O) groups excluding carboxylic acids is 1. The van der Waals surface area contributed by atoms with Gasteiger partial charge in [-0.25, -0.2) is 0 Å². The van der Waals surface area contributed by atoms with Crippen molar-refractivity contribution >= 4 is 17.7 Å². The van der Waals surface area contributed by atoms with E-state index in [-0.39, 0.29) is 17.7 Å². The molecule has 0 fully saturated rings. The molecule has 0 aliphatic heterocycles. The van der Waals surface area contributed by atoms with Crippen LogP contribution in [-0.2, 0) is 0 Å². The minimum atomic E-state index is -0.731. The van der Waals surface area contributed by atoms with Crippen molar-refractivity contribution in [3.05, 3.63) is 59.7 Å². The molecule has 0 aromatic heterocycles. The fraction of sp³-hybridized carbons (Fsp3) is 0.381. The number of phenols is 1. The molecule has 5 nitrogen and oxygen atoms in total. The van der Waals surface area contributed by atoms with Gasteiger partial charge in [-0.05, 0) is 31.2 Å². The zero-order valence-electron chi connectivity index (χ0n) is 16.0. The molecular weight excluding hydrogens is 360 g/mol. The molecule has 1 amide bonds. The van der Waals surface area contributed by atoms with Crippen LogP contribution < -0.4 is 10.6 Å². The van der Waals surface area contributed by atoms with Crippen LogP contribution in [0.4, 0.5) is 0 Å². The van der Waals surface area contributed by atoms with E-state index in [4.69, 9.17) is 0 Å². The summed E-state index contributed by atoms with van der Waals surface area (Å²) in [5.41, 5.74) is 0.938. The summed E-state index contributed by atoms with van der Waals surface area (Å²) in [5.74, 6) is 0.319. The highest BCUT2D eigenvalue weighted by molar-refractivity contribution is 7.99. The number of thioether (sulfide) groups is 1. The van der Waals surface area contributed by atoms with Crippen molar-refractivity contribution in [2.24, 2.45) is 0 Å². The van der Waals surface area contributed by atoms with Crippen molar-refractivity contribution < 1.29 is 15.0 Å². The Balaban J connectivity index is 2.10. The molecule has 2 atom stereocenters. The molecule has 0 bridgehead atoms. The number of amides is 1. The molecule has 27 heavy (non-hydrogen) atoms. The Morgan fingerprint density at radius 3 is 2.48 bits per heavy atom. The van der Waals surface area contributed by atoms with Gasteiger partial charge in [0, 0.05) is 34.4 Å². The lowest BCUT2D eigenvalue weighted by Crippen LogP contribution is -2.49. The molecule has 0 radical (unpaired) electrons. The summed E-state index contributed by atoms with van der Waals surface area (Å²) in [6.07, 6.45) is -0.731. The highest BCUT2D eigenvalue weighted by Gasteiger charge is 2.23. The Bertz CT molecular complexity index is 737. The molecule has 2 rings (SSSR count). The fourth-order valence-corrected chi connectivity index (χ4v) is 3.59. The van der Waals surface area contributed by atoms with Crippen molar-refractivity contribution in [1.29, 1.82) is 0 Å². The predicted molar refractivity (Wildman–Crippen MR) is 110 cm³/mol. The molecule has 0 heterocycles. The molecule has 0 saturated heterocycles. The Hall–Kier alpha value is -2.02. The minimum absolute atomic E-state index is 0.0832. The van der Waals surface area contributed by atoms with Crippen LogP contribution in [0.3, 0.4) is 0 Å². The zero-order valence-corrected chi connectivity index (χ0v) is 16.8. The summed E-state index contributed by atoms with van der Waals surface area (Å²) < 4.78 is 0. The number of aromatic hydroxyl groups is 1. The monoisotopic (exact) mass is 388 g/mol. The van der Waals surface area contributed by atoms with Crippen LogP contribution in [0.25, 0.3) is 0 Å². The van der Waals surface area contributed by atoms with E-state index in [1.807, 2.05) is 44.2 Å². The number of aliphatic hydroxyl groups is 1. The molecule has 2 aromatic carbocycles. The predicted octanol–water partition coefficient (Wildman–Crippen LogP) is 2.95. The second-order valence-corrected chi connectivity index (χ2v) is 7.88. The number of rotatable bonds is 9.